The van der Waals surface area contributed by atoms with Gasteiger partial charge in [-0.2, -0.15) is 5.10 Å². The Kier molecular flexibility index (Phi) is 5.09. The van der Waals surface area contributed by atoms with E-state index in [1.807, 2.05) is 44.5 Å². The number of aromatic nitrogens is 3. The third-order valence-electron chi connectivity index (χ3n) is 5.71. The molecule has 3 aromatic heterocycles. The van der Waals surface area contributed by atoms with Crippen LogP contribution in [0.25, 0.3) is 22.3 Å². The van der Waals surface area contributed by atoms with Crippen molar-refractivity contribution in [2.24, 2.45) is 11.7 Å². The highest BCUT2D eigenvalue weighted by atomic mass is 16.3. The number of rotatable bonds is 4. The highest BCUT2D eigenvalue weighted by Crippen LogP contribution is 2.31. The molecule has 0 aromatic carbocycles. The van der Waals surface area contributed by atoms with Crippen LogP contribution in [0.1, 0.15) is 54.6 Å². The highest BCUT2D eigenvalue weighted by molar-refractivity contribution is 6.06. The molecule has 0 spiro atoms. The Balaban J connectivity index is 1.85. The van der Waals surface area contributed by atoms with Gasteiger partial charge >= 0.3 is 0 Å². The highest BCUT2D eigenvalue weighted by Gasteiger charge is 2.29. The second-order valence-corrected chi connectivity index (χ2v) is 8.29. The standard InChI is InChI=1S/C22H27N5O3/c1-12(2)27-21-18(10-24-27)17(9-19(25-21)16-8-13(3)30-14(16)4)22(29)26-7-5-6-15(11-26)20(23)28/h8-10,12,15H,5-7,11H2,1-4H3,(H2,23,28). The van der Waals surface area contributed by atoms with Gasteiger partial charge in [0.15, 0.2) is 5.65 Å². The maximum absolute atomic E-state index is 13.5. The van der Waals surface area contributed by atoms with Crippen molar-refractivity contribution < 1.29 is 14.0 Å². The molecule has 8 nitrogen and oxygen atoms in total. The number of aryl methyl sites for hydroxylation is 2. The minimum Gasteiger partial charge on any atom is -0.466 e. The summed E-state index contributed by atoms with van der Waals surface area (Å²) >= 11 is 0. The fourth-order valence-electron chi connectivity index (χ4n) is 4.16. The molecule has 8 heteroatoms. The summed E-state index contributed by atoms with van der Waals surface area (Å²) in [7, 11) is 0. The third-order valence-corrected chi connectivity index (χ3v) is 5.71. The number of amides is 2. The number of primary amides is 1. The molecule has 4 rings (SSSR count). The van der Waals surface area contributed by atoms with Crippen molar-refractivity contribution in [1.29, 1.82) is 0 Å². The Labute approximate surface area is 175 Å². The predicted octanol–water partition coefficient (Wildman–Crippen LogP) is 3.23. The van der Waals surface area contributed by atoms with E-state index in [-0.39, 0.29) is 23.8 Å². The molecule has 158 valence electrons. The van der Waals surface area contributed by atoms with Crippen LogP contribution in [-0.4, -0.2) is 44.6 Å². The van der Waals surface area contributed by atoms with Gasteiger partial charge in [0.1, 0.15) is 11.5 Å². The number of fused-ring (bicyclic) bond motifs is 1. The molecule has 2 N–H and O–H groups in total. The number of furan rings is 1. The van der Waals surface area contributed by atoms with Crippen molar-refractivity contribution in [3.63, 3.8) is 0 Å². The maximum Gasteiger partial charge on any atom is 0.254 e. The molecular weight excluding hydrogens is 382 g/mol. The van der Waals surface area contributed by atoms with Gasteiger partial charge in [-0.25, -0.2) is 9.67 Å². The van der Waals surface area contributed by atoms with Crippen LogP contribution in [0, 0.1) is 19.8 Å². The summed E-state index contributed by atoms with van der Waals surface area (Å²) in [5, 5.41) is 5.18. The summed E-state index contributed by atoms with van der Waals surface area (Å²) in [4.78, 5) is 31.7. The van der Waals surface area contributed by atoms with Gasteiger partial charge < -0.3 is 15.1 Å². The number of carbonyl (C=O) groups excluding carboxylic acids is 2. The molecular formula is C22H27N5O3. The summed E-state index contributed by atoms with van der Waals surface area (Å²) in [6.45, 7) is 8.77. The lowest BCUT2D eigenvalue weighted by Gasteiger charge is -2.31. The number of pyridine rings is 1. The quantitative estimate of drug-likeness (QED) is 0.712. The van der Waals surface area contributed by atoms with Gasteiger partial charge in [0.25, 0.3) is 5.91 Å². The molecule has 0 radical (unpaired) electrons. The first-order chi connectivity index (χ1) is 14.3. The number of likely N-dealkylation sites (tertiary alicyclic amines) is 1. The van der Waals surface area contributed by atoms with Crippen molar-refractivity contribution in [2.75, 3.05) is 13.1 Å². The molecule has 1 saturated heterocycles. The smallest absolute Gasteiger partial charge is 0.254 e. The minimum absolute atomic E-state index is 0.0922. The molecule has 1 fully saturated rings. The molecule has 30 heavy (non-hydrogen) atoms. The molecule has 0 aliphatic carbocycles. The fourth-order valence-corrected chi connectivity index (χ4v) is 4.16. The fraction of sp³-hybridized carbons (Fsp3) is 0.455. The van der Waals surface area contributed by atoms with Crippen LogP contribution in [0.5, 0.6) is 0 Å². The largest absolute Gasteiger partial charge is 0.466 e. The van der Waals surface area contributed by atoms with Crippen LogP contribution < -0.4 is 5.73 Å². The average Bonchev–Trinajstić information content (AvgIpc) is 3.29. The van der Waals surface area contributed by atoms with E-state index in [1.165, 1.54) is 0 Å². The Morgan fingerprint density at radius 1 is 1.27 bits per heavy atom. The summed E-state index contributed by atoms with van der Waals surface area (Å²) in [6.07, 6.45) is 3.17. The lowest BCUT2D eigenvalue weighted by Crippen LogP contribution is -2.44. The lowest BCUT2D eigenvalue weighted by molar-refractivity contribution is -0.123. The lowest BCUT2D eigenvalue weighted by atomic mass is 9.96. The second-order valence-electron chi connectivity index (χ2n) is 8.29. The van der Waals surface area contributed by atoms with Crippen LogP contribution in [0.4, 0.5) is 0 Å². The Morgan fingerprint density at radius 3 is 2.67 bits per heavy atom. The zero-order chi connectivity index (χ0) is 21.6. The van der Waals surface area contributed by atoms with E-state index in [0.29, 0.717) is 35.4 Å². The third kappa shape index (κ3) is 3.46. The maximum atomic E-state index is 13.5. The first-order valence-corrected chi connectivity index (χ1v) is 10.3. The van der Waals surface area contributed by atoms with Crippen LogP contribution >= 0.6 is 0 Å². The summed E-state index contributed by atoms with van der Waals surface area (Å²) < 4.78 is 7.51. The van der Waals surface area contributed by atoms with Crippen molar-refractivity contribution in [2.45, 2.75) is 46.6 Å². The van der Waals surface area contributed by atoms with Gasteiger partial charge in [0.2, 0.25) is 5.91 Å². The summed E-state index contributed by atoms with van der Waals surface area (Å²) in [5.74, 6) is 0.743. The topological polar surface area (TPSA) is 107 Å². The molecule has 4 heterocycles. The second kappa shape index (κ2) is 7.59. The van der Waals surface area contributed by atoms with Crippen LogP contribution in [0.15, 0.2) is 22.7 Å². The van der Waals surface area contributed by atoms with Crippen molar-refractivity contribution in [3.8, 4) is 11.3 Å². The van der Waals surface area contributed by atoms with Crippen molar-refractivity contribution in [3.05, 3.63) is 35.4 Å². The number of piperidine rings is 1. The number of nitrogens with two attached hydrogens (primary N) is 1. The van der Waals surface area contributed by atoms with E-state index < -0.39 is 0 Å². The first kappa shape index (κ1) is 20.1. The van der Waals surface area contributed by atoms with E-state index in [0.717, 1.165) is 29.9 Å². The van der Waals surface area contributed by atoms with Crippen LogP contribution in [-0.2, 0) is 4.79 Å². The number of nitrogens with zero attached hydrogens (tertiary/aromatic N) is 4. The first-order valence-electron chi connectivity index (χ1n) is 10.3. The minimum atomic E-state index is -0.356. The normalized spacial score (nSPS) is 17.1. The van der Waals surface area contributed by atoms with E-state index in [1.54, 1.807) is 11.1 Å². The molecule has 2 amide bonds. The molecule has 3 aromatic rings. The van der Waals surface area contributed by atoms with Crippen molar-refractivity contribution in [1.82, 2.24) is 19.7 Å². The number of hydrogen-bond acceptors (Lipinski definition) is 5. The Morgan fingerprint density at radius 2 is 2.03 bits per heavy atom. The monoisotopic (exact) mass is 409 g/mol. The van der Waals surface area contributed by atoms with Crippen molar-refractivity contribution >= 4 is 22.8 Å². The summed E-state index contributed by atoms with van der Waals surface area (Å²) in [6, 6.07) is 3.83. The van der Waals surface area contributed by atoms with Gasteiger partial charge in [-0.1, -0.05) is 0 Å². The Bertz CT molecular complexity index is 1130. The zero-order valence-electron chi connectivity index (χ0n) is 17.8. The van der Waals surface area contributed by atoms with Gasteiger partial charge in [0.05, 0.1) is 28.8 Å². The van der Waals surface area contributed by atoms with Gasteiger partial charge in [-0.3, -0.25) is 9.59 Å². The average molecular weight is 409 g/mol. The Hall–Kier alpha value is -3.16. The van der Waals surface area contributed by atoms with E-state index >= 15 is 0 Å². The summed E-state index contributed by atoms with van der Waals surface area (Å²) in [5.41, 5.74) is 8.22. The SMILES string of the molecule is Cc1cc(-c2cc(C(=O)N3CCCC(C(N)=O)C3)c3cnn(C(C)C)c3n2)c(C)o1. The van der Waals surface area contributed by atoms with E-state index in [2.05, 4.69) is 5.10 Å². The zero-order valence-corrected chi connectivity index (χ0v) is 17.8. The number of carbonyl (C=O) groups is 2. The van der Waals surface area contributed by atoms with Gasteiger partial charge in [0, 0.05) is 24.7 Å². The van der Waals surface area contributed by atoms with Gasteiger partial charge in [-0.05, 0) is 52.7 Å². The molecule has 1 unspecified atom stereocenters. The number of hydrogen-bond donors (Lipinski definition) is 1. The van der Waals surface area contributed by atoms with Crippen LogP contribution in [0.3, 0.4) is 0 Å². The van der Waals surface area contributed by atoms with E-state index in [9.17, 15) is 9.59 Å². The van der Waals surface area contributed by atoms with Gasteiger partial charge in [-0.15, -0.1) is 0 Å². The van der Waals surface area contributed by atoms with Crippen LogP contribution in [0.2, 0.25) is 0 Å². The molecule has 0 bridgehead atoms. The molecule has 1 aliphatic rings. The molecule has 1 atom stereocenters. The molecule has 0 saturated carbocycles. The van der Waals surface area contributed by atoms with E-state index in [4.69, 9.17) is 15.1 Å². The molecule has 1 aliphatic heterocycles. The predicted molar refractivity (Wildman–Crippen MR) is 113 cm³/mol.